The second-order valence-electron chi connectivity index (χ2n) is 3.06. The second-order valence-corrected chi connectivity index (χ2v) is 3.06. The van der Waals surface area contributed by atoms with Gasteiger partial charge in [-0.25, -0.2) is 4.79 Å². The van der Waals surface area contributed by atoms with Crippen molar-refractivity contribution >= 4 is 17.7 Å². The van der Waals surface area contributed by atoms with Gasteiger partial charge >= 0.3 is 5.97 Å². The van der Waals surface area contributed by atoms with Crippen LogP contribution in [0, 0.1) is 10.1 Å². The van der Waals surface area contributed by atoms with E-state index in [1.807, 2.05) is 0 Å². The van der Waals surface area contributed by atoms with Gasteiger partial charge in [0.2, 0.25) is 0 Å². The summed E-state index contributed by atoms with van der Waals surface area (Å²) in [6, 6.07) is 5.40. The highest BCUT2D eigenvalue weighted by molar-refractivity contribution is 5.93. The van der Waals surface area contributed by atoms with Crippen molar-refractivity contribution < 1.29 is 14.5 Å². The zero-order chi connectivity index (χ0) is 13.5. The highest BCUT2D eigenvalue weighted by Crippen LogP contribution is 2.15. The van der Waals surface area contributed by atoms with Crippen LogP contribution >= 0.6 is 0 Å². The molecule has 0 saturated carbocycles. The van der Waals surface area contributed by atoms with Gasteiger partial charge < -0.3 is 4.74 Å². The van der Waals surface area contributed by atoms with Crippen LogP contribution in [0.15, 0.2) is 35.1 Å². The smallest absolute Gasteiger partial charge is 0.340 e. The van der Waals surface area contributed by atoms with E-state index in [2.05, 4.69) is 14.8 Å². The van der Waals surface area contributed by atoms with Gasteiger partial charge in [0.25, 0.3) is 5.69 Å². The molecule has 0 bridgehead atoms. The number of benzene rings is 1. The van der Waals surface area contributed by atoms with E-state index in [0.29, 0.717) is 5.56 Å². The first-order valence-corrected chi connectivity index (χ1v) is 4.68. The highest BCUT2D eigenvalue weighted by Gasteiger charge is 2.08. The molecule has 0 aliphatic carbocycles. The molecule has 0 aliphatic rings. The Kier molecular flexibility index (Phi) is 4.42. The van der Waals surface area contributed by atoms with E-state index >= 15 is 0 Å². The van der Waals surface area contributed by atoms with Crippen LogP contribution in [0.5, 0.6) is 0 Å². The number of esters is 1. The average molecular weight is 248 g/mol. The topological polar surface area (TPSA) is 118 Å². The van der Waals surface area contributed by atoms with Crippen LogP contribution in [-0.2, 0) is 9.53 Å². The Bertz CT molecular complexity index is 544. The molecule has 0 spiro atoms. The lowest BCUT2D eigenvalue weighted by Gasteiger charge is -1.98. The van der Waals surface area contributed by atoms with E-state index in [1.54, 1.807) is 0 Å². The summed E-state index contributed by atoms with van der Waals surface area (Å²) >= 11 is 0. The summed E-state index contributed by atoms with van der Waals surface area (Å²) in [5, 5.41) is 13.6. The Morgan fingerprint density at radius 3 is 2.56 bits per heavy atom. The van der Waals surface area contributed by atoms with Crippen LogP contribution in [0.2, 0.25) is 0 Å². The summed E-state index contributed by atoms with van der Waals surface area (Å²) in [5.74, 6) is -0.786. The minimum atomic E-state index is -0.786. The van der Waals surface area contributed by atoms with Crippen molar-refractivity contribution in [1.29, 1.82) is 0 Å². The van der Waals surface area contributed by atoms with Gasteiger partial charge in [0.05, 0.1) is 12.0 Å². The molecule has 0 radical (unpaired) electrons. The fourth-order valence-electron chi connectivity index (χ4n) is 1.13. The van der Waals surface area contributed by atoms with Gasteiger partial charge in [0, 0.05) is 17.0 Å². The fourth-order valence-corrected chi connectivity index (χ4v) is 1.13. The largest absolute Gasteiger partial charge is 0.466 e. The number of nitro benzene ring substituents is 1. The normalized spacial score (nSPS) is 10.4. The van der Waals surface area contributed by atoms with Gasteiger partial charge in [-0.1, -0.05) is 5.11 Å². The Morgan fingerprint density at radius 1 is 1.50 bits per heavy atom. The van der Waals surface area contributed by atoms with Gasteiger partial charge in [0.15, 0.2) is 0 Å². The molecule has 1 aromatic rings. The molecule has 0 heterocycles. The maximum atomic E-state index is 11.2. The first-order valence-electron chi connectivity index (χ1n) is 4.68. The van der Waals surface area contributed by atoms with Crippen LogP contribution in [-0.4, -0.2) is 18.0 Å². The number of non-ortho nitro benzene ring substituents is 1. The molecule has 8 heteroatoms. The third-order valence-corrected chi connectivity index (χ3v) is 1.95. The van der Waals surface area contributed by atoms with E-state index in [4.69, 9.17) is 5.53 Å². The Hall–Kier alpha value is -2.86. The molecule has 0 unspecified atom stereocenters. The van der Waals surface area contributed by atoms with Gasteiger partial charge in [-0.3, -0.25) is 10.1 Å². The minimum Gasteiger partial charge on any atom is -0.466 e. The second kappa shape index (κ2) is 6.02. The van der Waals surface area contributed by atoms with Gasteiger partial charge in [-0.15, -0.1) is 0 Å². The zero-order valence-corrected chi connectivity index (χ0v) is 9.31. The molecule has 0 saturated heterocycles. The predicted octanol–water partition coefficient (Wildman–Crippen LogP) is 2.42. The van der Waals surface area contributed by atoms with Crippen LogP contribution in [0.25, 0.3) is 16.5 Å². The lowest BCUT2D eigenvalue weighted by molar-refractivity contribution is -0.384. The highest BCUT2D eigenvalue weighted by atomic mass is 16.6. The van der Waals surface area contributed by atoms with Crippen LogP contribution in [0.3, 0.4) is 0 Å². The van der Waals surface area contributed by atoms with Crippen LogP contribution in [0.4, 0.5) is 5.69 Å². The maximum Gasteiger partial charge on any atom is 0.340 e. The number of rotatable bonds is 4. The molecule has 1 aromatic carbocycles. The first kappa shape index (κ1) is 13.2. The van der Waals surface area contributed by atoms with Gasteiger partial charge in [0.1, 0.15) is 5.70 Å². The van der Waals surface area contributed by atoms with Crippen molar-refractivity contribution in [2.45, 2.75) is 0 Å². The Labute approximate surface area is 101 Å². The number of methoxy groups -OCH3 is 1. The minimum absolute atomic E-state index is 0.0736. The number of carbonyl (C=O) groups is 1. The maximum absolute atomic E-state index is 11.2. The number of hydrogen-bond donors (Lipinski definition) is 0. The monoisotopic (exact) mass is 248 g/mol. The van der Waals surface area contributed by atoms with Crippen LogP contribution in [0.1, 0.15) is 5.56 Å². The van der Waals surface area contributed by atoms with Crippen molar-refractivity contribution in [2.75, 3.05) is 7.11 Å². The van der Waals surface area contributed by atoms with Gasteiger partial charge in [-0.05, 0) is 29.3 Å². The molecule has 1 rings (SSSR count). The number of hydrogen-bond acceptors (Lipinski definition) is 5. The molecular weight excluding hydrogens is 240 g/mol. The Morgan fingerprint density at radius 2 is 2.11 bits per heavy atom. The standard InChI is InChI=1S/C10H8N4O4/c1-18-10(15)9(12-13-11)6-7-2-4-8(5-3-7)14(16)17/h2-6H,1H3/b9-6-. The molecule has 0 aromatic heterocycles. The average Bonchev–Trinajstić information content (AvgIpc) is 2.38. The summed E-state index contributed by atoms with van der Waals surface area (Å²) in [6.45, 7) is 0. The van der Waals surface area contributed by atoms with Crippen molar-refractivity contribution in [3.8, 4) is 0 Å². The molecular formula is C10H8N4O4. The van der Waals surface area contributed by atoms with E-state index in [-0.39, 0.29) is 11.4 Å². The van der Waals surface area contributed by atoms with Gasteiger partial charge in [-0.2, -0.15) is 0 Å². The molecule has 18 heavy (non-hydrogen) atoms. The summed E-state index contributed by atoms with van der Waals surface area (Å²) in [5.41, 5.74) is 8.47. The molecule has 0 N–H and O–H groups in total. The summed E-state index contributed by atoms with van der Waals surface area (Å²) < 4.78 is 4.42. The van der Waals surface area contributed by atoms with Crippen molar-refractivity contribution in [1.82, 2.24) is 0 Å². The third kappa shape index (κ3) is 3.32. The fraction of sp³-hybridized carbons (Fsp3) is 0.100. The lowest BCUT2D eigenvalue weighted by atomic mass is 10.2. The number of ether oxygens (including phenoxy) is 1. The van der Waals surface area contributed by atoms with Crippen LogP contribution < -0.4 is 0 Å². The van der Waals surface area contributed by atoms with E-state index in [9.17, 15) is 14.9 Å². The lowest BCUT2D eigenvalue weighted by Crippen LogP contribution is -2.01. The number of nitro groups is 1. The zero-order valence-electron chi connectivity index (χ0n) is 9.31. The SMILES string of the molecule is COC(=O)/C(=C/c1ccc([N+](=O)[O-])cc1)N=[N+]=[N-]. The number of carbonyl (C=O) groups excluding carboxylic acids is 1. The number of azide groups is 1. The van der Waals surface area contributed by atoms with E-state index in [1.165, 1.54) is 30.3 Å². The molecule has 0 atom stereocenters. The summed E-state index contributed by atoms with van der Waals surface area (Å²) in [4.78, 5) is 23.6. The molecule has 92 valence electrons. The predicted molar refractivity (Wildman–Crippen MR) is 62.2 cm³/mol. The number of nitrogens with zero attached hydrogens (tertiary/aromatic N) is 4. The van der Waals surface area contributed by atoms with Crippen molar-refractivity contribution in [3.63, 3.8) is 0 Å². The molecule has 0 aliphatic heterocycles. The van der Waals surface area contributed by atoms with Crippen molar-refractivity contribution in [3.05, 3.63) is 56.1 Å². The quantitative estimate of drug-likeness (QED) is 0.154. The van der Waals surface area contributed by atoms with E-state index < -0.39 is 10.9 Å². The molecule has 0 fully saturated rings. The Balaban J connectivity index is 3.08. The summed E-state index contributed by atoms with van der Waals surface area (Å²) in [7, 11) is 1.15. The summed E-state index contributed by atoms with van der Waals surface area (Å²) in [6.07, 6.45) is 1.27. The van der Waals surface area contributed by atoms with Crippen molar-refractivity contribution in [2.24, 2.45) is 5.11 Å². The molecule has 8 nitrogen and oxygen atoms in total. The third-order valence-electron chi connectivity index (χ3n) is 1.95. The molecule has 0 amide bonds. The first-order chi connectivity index (χ1) is 8.58. The van der Waals surface area contributed by atoms with E-state index in [0.717, 1.165) is 7.11 Å².